The highest BCUT2D eigenvalue weighted by Gasteiger charge is 2.22. The fourth-order valence-corrected chi connectivity index (χ4v) is 3.10. The molecular weight excluding hydrogens is 328 g/mol. The fraction of sp³-hybridized carbons (Fsp3) is 0.333. The number of carbonyl (C=O) groups is 2. The number of benzene rings is 2. The van der Waals surface area contributed by atoms with Crippen LogP contribution in [0.3, 0.4) is 0 Å². The molecule has 1 saturated heterocycles. The number of rotatable bonds is 5. The predicted molar refractivity (Wildman–Crippen MR) is 99.8 cm³/mol. The van der Waals surface area contributed by atoms with E-state index in [1.165, 1.54) is 5.56 Å². The van der Waals surface area contributed by atoms with Crippen molar-refractivity contribution in [2.24, 2.45) is 0 Å². The lowest BCUT2D eigenvalue weighted by Gasteiger charge is -2.34. The quantitative estimate of drug-likeness (QED) is 0.776. The van der Waals surface area contributed by atoms with Crippen LogP contribution < -0.4 is 0 Å². The van der Waals surface area contributed by atoms with Gasteiger partial charge in [-0.3, -0.25) is 9.69 Å². The Kier molecular flexibility index (Phi) is 6.02. The van der Waals surface area contributed by atoms with Gasteiger partial charge >= 0.3 is 5.97 Å². The zero-order valence-electron chi connectivity index (χ0n) is 15.1. The third kappa shape index (κ3) is 4.70. The lowest BCUT2D eigenvalue weighted by atomic mass is 10.1. The molecule has 0 aliphatic carbocycles. The van der Waals surface area contributed by atoms with Crippen LogP contribution in [-0.4, -0.2) is 54.5 Å². The standard InChI is InChI=1S/C21H24N2O3/c1-17-7-5-6-10-19(17)21(25)26-16-20(24)23-13-11-22(12-14-23)15-18-8-3-2-4-9-18/h2-10H,11-16H2,1H3. The summed E-state index contributed by atoms with van der Waals surface area (Å²) in [5, 5.41) is 0. The van der Waals surface area contributed by atoms with Crippen molar-refractivity contribution in [2.45, 2.75) is 13.5 Å². The van der Waals surface area contributed by atoms with Crippen molar-refractivity contribution in [3.63, 3.8) is 0 Å². The maximum Gasteiger partial charge on any atom is 0.338 e. The molecule has 0 atom stereocenters. The fourth-order valence-electron chi connectivity index (χ4n) is 3.10. The SMILES string of the molecule is Cc1ccccc1C(=O)OCC(=O)N1CCN(Cc2ccccc2)CC1. The summed E-state index contributed by atoms with van der Waals surface area (Å²) >= 11 is 0. The number of amides is 1. The Hall–Kier alpha value is -2.66. The lowest BCUT2D eigenvalue weighted by molar-refractivity contribution is -0.136. The van der Waals surface area contributed by atoms with Crippen LogP contribution in [-0.2, 0) is 16.1 Å². The Balaban J connectivity index is 1.44. The normalized spacial score (nSPS) is 14.9. The van der Waals surface area contributed by atoms with Crippen molar-refractivity contribution in [1.82, 2.24) is 9.80 Å². The molecule has 26 heavy (non-hydrogen) atoms. The van der Waals surface area contributed by atoms with Gasteiger partial charge in [-0.2, -0.15) is 0 Å². The number of carbonyl (C=O) groups excluding carboxylic acids is 2. The minimum atomic E-state index is -0.445. The molecule has 2 aromatic carbocycles. The number of esters is 1. The minimum absolute atomic E-state index is 0.133. The van der Waals surface area contributed by atoms with Crippen LogP contribution in [0, 0.1) is 6.92 Å². The molecule has 0 unspecified atom stereocenters. The minimum Gasteiger partial charge on any atom is -0.452 e. The van der Waals surface area contributed by atoms with E-state index in [1.54, 1.807) is 17.0 Å². The summed E-state index contributed by atoms with van der Waals surface area (Å²) in [6.45, 7) is 5.52. The van der Waals surface area contributed by atoms with E-state index in [4.69, 9.17) is 4.74 Å². The number of hydrogen-bond donors (Lipinski definition) is 0. The van der Waals surface area contributed by atoms with E-state index in [-0.39, 0.29) is 12.5 Å². The Bertz CT molecular complexity index is 753. The van der Waals surface area contributed by atoms with Crippen molar-refractivity contribution >= 4 is 11.9 Å². The van der Waals surface area contributed by atoms with E-state index >= 15 is 0 Å². The van der Waals surface area contributed by atoms with Gasteiger partial charge in [-0.05, 0) is 24.1 Å². The van der Waals surface area contributed by atoms with Crippen molar-refractivity contribution in [1.29, 1.82) is 0 Å². The van der Waals surface area contributed by atoms with Gasteiger partial charge in [-0.25, -0.2) is 4.79 Å². The van der Waals surface area contributed by atoms with E-state index < -0.39 is 5.97 Å². The van der Waals surface area contributed by atoms with Gasteiger partial charge in [-0.1, -0.05) is 48.5 Å². The smallest absolute Gasteiger partial charge is 0.338 e. The molecule has 0 spiro atoms. The van der Waals surface area contributed by atoms with Gasteiger partial charge in [0.1, 0.15) is 0 Å². The highest BCUT2D eigenvalue weighted by Crippen LogP contribution is 2.10. The first kappa shape index (κ1) is 18.1. The van der Waals surface area contributed by atoms with Crippen molar-refractivity contribution in [3.8, 4) is 0 Å². The maximum absolute atomic E-state index is 12.3. The molecule has 5 heteroatoms. The predicted octanol–water partition coefficient (Wildman–Crippen LogP) is 2.50. The molecule has 0 saturated carbocycles. The Morgan fingerprint density at radius 3 is 2.27 bits per heavy atom. The van der Waals surface area contributed by atoms with Crippen LogP contribution in [0.15, 0.2) is 54.6 Å². The number of hydrogen-bond acceptors (Lipinski definition) is 4. The molecule has 136 valence electrons. The van der Waals surface area contributed by atoms with E-state index in [2.05, 4.69) is 17.0 Å². The second-order valence-corrected chi connectivity index (χ2v) is 6.53. The molecule has 1 aliphatic rings. The number of ether oxygens (including phenoxy) is 1. The van der Waals surface area contributed by atoms with Crippen LogP contribution in [0.25, 0.3) is 0 Å². The van der Waals surface area contributed by atoms with Crippen LogP contribution in [0.4, 0.5) is 0 Å². The zero-order chi connectivity index (χ0) is 18.4. The van der Waals surface area contributed by atoms with Gasteiger partial charge in [0.15, 0.2) is 6.61 Å². The lowest BCUT2D eigenvalue weighted by Crippen LogP contribution is -2.49. The molecule has 1 aliphatic heterocycles. The first-order chi connectivity index (χ1) is 12.6. The zero-order valence-corrected chi connectivity index (χ0v) is 15.1. The number of piperazine rings is 1. The van der Waals surface area contributed by atoms with Gasteiger partial charge < -0.3 is 9.64 Å². The molecule has 0 aromatic heterocycles. The van der Waals surface area contributed by atoms with E-state index in [9.17, 15) is 9.59 Å². The average molecular weight is 352 g/mol. The molecule has 1 fully saturated rings. The van der Waals surface area contributed by atoms with Gasteiger partial charge in [0.2, 0.25) is 0 Å². The maximum atomic E-state index is 12.3. The molecule has 5 nitrogen and oxygen atoms in total. The Morgan fingerprint density at radius 1 is 0.923 bits per heavy atom. The molecular formula is C21H24N2O3. The molecule has 2 aromatic rings. The van der Waals surface area contributed by atoms with Gasteiger partial charge in [0.25, 0.3) is 5.91 Å². The summed E-state index contributed by atoms with van der Waals surface area (Å²) < 4.78 is 5.20. The van der Waals surface area contributed by atoms with Crippen LogP contribution in [0.5, 0.6) is 0 Å². The van der Waals surface area contributed by atoms with Crippen LogP contribution in [0.1, 0.15) is 21.5 Å². The summed E-state index contributed by atoms with van der Waals surface area (Å²) in [7, 11) is 0. The average Bonchev–Trinajstić information content (AvgIpc) is 2.67. The van der Waals surface area contributed by atoms with E-state index in [1.807, 2.05) is 37.3 Å². The van der Waals surface area contributed by atoms with E-state index in [0.29, 0.717) is 18.7 Å². The van der Waals surface area contributed by atoms with Crippen LogP contribution in [0.2, 0.25) is 0 Å². The molecule has 3 rings (SSSR count). The van der Waals surface area contributed by atoms with Gasteiger partial charge in [0.05, 0.1) is 5.56 Å². The molecule has 0 radical (unpaired) electrons. The van der Waals surface area contributed by atoms with Crippen molar-refractivity contribution in [3.05, 3.63) is 71.3 Å². The van der Waals surface area contributed by atoms with Crippen LogP contribution >= 0.6 is 0 Å². The molecule has 1 amide bonds. The summed E-state index contributed by atoms with van der Waals surface area (Å²) in [5.41, 5.74) is 2.63. The van der Waals surface area contributed by atoms with E-state index in [0.717, 1.165) is 25.2 Å². The number of nitrogens with zero attached hydrogens (tertiary/aromatic N) is 2. The summed E-state index contributed by atoms with van der Waals surface area (Å²) in [6, 6.07) is 17.5. The number of aryl methyl sites for hydroxylation is 1. The van der Waals surface area contributed by atoms with Gasteiger partial charge in [0, 0.05) is 32.7 Å². The summed E-state index contributed by atoms with van der Waals surface area (Å²) in [5.74, 6) is -0.578. The second kappa shape index (κ2) is 8.63. The molecule has 1 heterocycles. The highest BCUT2D eigenvalue weighted by molar-refractivity contribution is 5.92. The van der Waals surface area contributed by atoms with Crippen molar-refractivity contribution in [2.75, 3.05) is 32.8 Å². The van der Waals surface area contributed by atoms with Crippen molar-refractivity contribution < 1.29 is 14.3 Å². The largest absolute Gasteiger partial charge is 0.452 e. The summed E-state index contributed by atoms with van der Waals surface area (Å²) in [6.07, 6.45) is 0. The van der Waals surface area contributed by atoms with Gasteiger partial charge in [-0.15, -0.1) is 0 Å². The third-order valence-electron chi connectivity index (χ3n) is 4.67. The topological polar surface area (TPSA) is 49.9 Å². The highest BCUT2D eigenvalue weighted by atomic mass is 16.5. The Labute approximate surface area is 154 Å². The first-order valence-electron chi connectivity index (χ1n) is 8.90. The second-order valence-electron chi connectivity index (χ2n) is 6.53. The first-order valence-corrected chi connectivity index (χ1v) is 8.90. The third-order valence-corrected chi connectivity index (χ3v) is 4.67. The molecule has 0 N–H and O–H groups in total. The summed E-state index contributed by atoms with van der Waals surface area (Å²) in [4.78, 5) is 28.5. The Morgan fingerprint density at radius 2 is 1.58 bits per heavy atom. The monoisotopic (exact) mass is 352 g/mol. The molecule has 0 bridgehead atoms.